The number of carbonyl (C=O) groups is 4. The van der Waals surface area contributed by atoms with E-state index < -0.39 is 29.7 Å². The highest BCUT2D eigenvalue weighted by Crippen LogP contribution is 2.32. The Morgan fingerprint density at radius 3 is 2.67 bits per heavy atom. The maximum absolute atomic E-state index is 12.9. The number of rotatable bonds is 4. The van der Waals surface area contributed by atoms with Gasteiger partial charge in [0, 0.05) is 12.1 Å². The number of furan rings is 1. The van der Waals surface area contributed by atoms with E-state index in [0.717, 1.165) is 10.7 Å². The minimum atomic E-state index is -0.976. The van der Waals surface area contributed by atoms with E-state index in [-0.39, 0.29) is 24.0 Å². The van der Waals surface area contributed by atoms with Crippen molar-refractivity contribution in [3.05, 3.63) is 53.0 Å². The molecule has 1 fully saturated rings. The van der Waals surface area contributed by atoms with Crippen molar-refractivity contribution in [3.8, 4) is 0 Å². The molecule has 0 spiro atoms. The Morgan fingerprint density at radius 1 is 1.15 bits per heavy atom. The zero-order valence-electron chi connectivity index (χ0n) is 14.6. The molecule has 27 heavy (non-hydrogen) atoms. The van der Waals surface area contributed by atoms with Gasteiger partial charge in [-0.2, -0.15) is 0 Å². The molecule has 4 amide bonds. The molecule has 2 N–H and O–H groups in total. The summed E-state index contributed by atoms with van der Waals surface area (Å²) in [5.74, 6) is -0.611. The van der Waals surface area contributed by atoms with Crippen LogP contribution in [0.3, 0.4) is 0 Å². The molecule has 1 aromatic carbocycles. The molecule has 0 aliphatic carbocycles. The van der Waals surface area contributed by atoms with E-state index in [1.807, 2.05) is 19.1 Å². The molecule has 1 saturated heterocycles. The molecule has 2 aliphatic rings. The molecule has 4 rings (SSSR count). The van der Waals surface area contributed by atoms with E-state index in [1.165, 1.54) is 0 Å². The summed E-state index contributed by atoms with van der Waals surface area (Å²) in [5.41, 5.74) is 0.968. The van der Waals surface area contributed by atoms with Crippen LogP contribution in [0.25, 0.3) is 0 Å². The van der Waals surface area contributed by atoms with Crippen molar-refractivity contribution in [1.82, 2.24) is 10.2 Å². The van der Waals surface area contributed by atoms with Crippen LogP contribution < -0.4 is 10.6 Å². The van der Waals surface area contributed by atoms with Crippen molar-refractivity contribution in [1.29, 1.82) is 0 Å². The fraction of sp³-hybridized carbons (Fsp3) is 0.263. The van der Waals surface area contributed by atoms with Crippen molar-refractivity contribution >= 4 is 29.3 Å². The van der Waals surface area contributed by atoms with Gasteiger partial charge < -0.3 is 9.73 Å². The number of carbonyl (C=O) groups excluding carboxylic acids is 4. The SMILES string of the molecule is Cc1ccc(CNc2cccc3c2C(=O)N(C2CCC(=O)NC2=O)C3=O)o1. The van der Waals surface area contributed by atoms with Crippen LogP contribution in [-0.4, -0.2) is 34.6 Å². The first-order chi connectivity index (χ1) is 13.0. The number of hydrogen-bond donors (Lipinski definition) is 2. The molecule has 8 heteroatoms. The van der Waals surface area contributed by atoms with Crippen LogP contribution in [0, 0.1) is 6.92 Å². The normalized spacial score (nSPS) is 19.3. The fourth-order valence-electron chi connectivity index (χ4n) is 3.42. The lowest BCUT2D eigenvalue weighted by molar-refractivity contribution is -0.136. The first-order valence-electron chi connectivity index (χ1n) is 8.59. The number of nitrogens with zero attached hydrogens (tertiary/aromatic N) is 1. The summed E-state index contributed by atoms with van der Waals surface area (Å²) in [4.78, 5) is 50.1. The molecule has 2 aromatic rings. The number of aryl methyl sites for hydroxylation is 1. The van der Waals surface area contributed by atoms with Gasteiger partial charge in [0.15, 0.2) is 0 Å². The number of nitrogens with one attached hydrogen (secondary N) is 2. The Labute approximate surface area is 154 Å². The highest BCUT2D eigenvalue weighted by atomic mass is 16.3. The van der Waals surface area contributed by atoms with Crippen LogP contribution in [-0.2, 0) is 16.1 Å². The number of benzene rings is 1. The summed E-state index contributed by atoms with van der Waals surface area (Å²) >= 11 is 0. The van der Waals surface area contributed by atoms with Gasteiger partial charge in [-0.25, -0.2) is 0 Å². The second-order valence-electron chi connectivity index (χ2n) is 6.54. The van der Waals surface area contributed by atoms with E-state index in [4.69, 9.17) is 4.42 Å². The number of hydrogen-bond acceptors (Lipinski definition) is 6. The quantitative estimate of drug-likeness (QED) is 0.795. The standard InChI is InChI=1S/C19H17N3O5/c1-10-5-6-11(27-10)9-20-13-4-2-3-12-16(13)19(26)22(18(12)25)14-7-8-15(23)21-17(14)24/h2-6,14,20H,7-9H2,1H3,(H,21,23,24). The number of fused-ring (bicyclic) bond motifs is 1. The lowest BCUT2D eigenvalue weighted by atomic mass is 10.0. The van der Waals surface area contributed by atoms with Gasteiger partial charge in [0.1, 0.15) is 17.6 Å². The molecule has 2 aliphatic heterocycles. The maximum Gasteiger partial charge on any atom is 0.264 e. The van der Waals surface area contributed by atoms with Gasteiger partial charge in [-0.05, 0) is 37.6 Å². The summed E-state index contributed by atoms with van der Waals surface area (Å²) < 4.78 is 5.50. The second-order valence-corrected chi connectivity index (χ2v) is 6.54. The molecular weight excluding hydrogens is 350 g/mol. The fourth-order valence-corrected chi connectivity index (χ4v) is 3.42. The highest BCUT2D eigenvalue weighted by molar-refractivity contribution is 6.25. The van der Waals surface area contributed by atoms with Crippen LogP contribution in [0.5, 0.6) is 0 Å². The lowest BCUT2D eigenvalue weighted by Crippen LogP contribution is -2.54. The number of anilines is 1. The van der Waals surface area contributed by atoms with E-state index in [0.29, 0.717) is 18.0 Å². The Morgan fingerprint density at radius 2 is 1.96 bits per heavy atom. The Hall–Kier alpha value is -3.42. The predicted molar refractivity (Wildman–Crippen MR) is 93.9 cm³/mol. The molecule has 3 heterocycles. The van der Waals surface area contributed by atoms with Crippen LogP contribution in [0.4, 0.5) is 5.69 Å². The van der Waals surface area contributed by atoms with E-state index >= 15 is 0 Å². The third-order valence-electron chi connectivity index (χ3n) is 4.72. The molecule has 0 radical (unpaired) electrons. The number of amides is 4. The largest absolute Gasteiger partial charge is 0.465 e. The molecule has 1 aromatic heterocycles. The van der Waals surface area contributed by atoms with E-state index in [1.54, 1.807) is 18.2 Å². The molecule has 8 nitrogen and oxygen atoms in total. The average molecular weight is 367 g/mol. The van der Waals surface area contributed by atoms with Crippen LogP contribution >= 0.6 is 0 Å². The van der Waals surface area contributed by atoms with Gasteiger partial charge in [-0.3, -0.25) is 29.4 Å². The monoisotopic (exact) mass is 367 g/mol. The Kier molecular flexibility index (Phi) is 4.02. The van der Waals surface area contributed by atoms with Crippen molar-refractivity contribution in [2.24, 2.45) is 0 Å². The van der Waals surface area contributed by atoms with E-state index in [9.17, 15) is 19.2 Å². The van der Waals surface area contributed by atoms with Gasteiger partial charge in [0.25, 0.3) is 11.8 Å². The van der Waals surface area contributed by atoms with Crippen LogP contribution in [0.15, 0.2) is 34.7 Å². The van der Waals surface area contributed by atoms with Gasteiger partial charge in [0.2, 0.25) is 11.8 Å². The van der Waals surface area contributed by atoms with Gasteiger partial charge in [0.05, 0.1) is 17.7 Å². The van der Waals surface area contributed by atoms with Gasteiger partial charge in [-0.15, -0.1) is 0 Å². The summed E-state index contributed by atoms with van der Waals surface area (Å²) in [6.07, 6.45) is 0.220. The third-order valence-corrected chi connectivity index (χ3v) is 4.72. The molecule has 138 valence electrons. The second kappa shape index (κ2) is 6.39. The zero-order valence-corrected chi connectivity index (χ0v) is 14.6. The Balaban J connectivity index is 1.61. The zero-order chi connectivity index (χ0) is 19.1. The smallest absolute Gasteiger partial charge is 0.264 e. The first-order valence-corrected chi connectivity index (χ1v) is 8.59. The first kappa shape index (κ1) is 17.0. The summed E-state index contributed by atoms with van der Waals surface area (Å²) in [7, 11) is 0. The minimum absolute atomic E-state index is 0.0900. The predicted octanol–water partition coefficient (Wildman–Crippen LogP) is 1.60. The summed E-state index contributed by atoms with van der Waals surface area (Å²) in [6, 6.07) is 7.63. The van der Waals surface area contributed by atoms with Crippen molar-refractivity contribution in [3.63, 3.8) is 0 Å². The minimum Gasteiger partial charge on any atom is -0.465 e. The number of imide groups is 2. The molecular formula is C19H17N3O5. The Bertz CT molecular complexity index is 977. The number of piperidine rings is 1. The lowest BCUT2D eigenvalue weighted by Gasteiger charge is -2.27. The molecule has 0 bridgehead atoms. The van der Waals surface area contributed by atoms with Gasteiger partial charge in [-0.1, -0.05) is 6.07 Å². The van der Waals surface area contributed by atoms with E-state index in [2.05, 4.69) is 10.6 Å². The molecule has 0 saturated carbocycles. The maximum atomic E-state index is 12.9. The summed E-state index contributed by atoms with van der Waals surface area (Å²) in [5, 5.41) is 5.30. The average Bonchev–Trinajstić information content (AvgIpc) is 3.16. The van der Waals surface area contributed by atoms with Crippen molar-refractivity contribution in [2.45, 2.75) is 32.4 Å². The van der Waals surface area contributed by atoms with Gasteiger partial charge >= 0.3 is 0 Å². The molecule has 1 atom stereocenters. The molecule has 1 unspecified atom stereocenters. The summed E-state index contributed by atoms with van der Waals surface area (Å²) in [6.45, 7) is 2.19. The van der Waals surface area contributed by atoms with Crippen LogP contribution in [0.2, 0.25) is 0 Å². The van der Waals surface area contributed by atoms with Crippen molar-refractivity contribution in [2.75, 3.05) is 5.32 Å². The van der Waals surface area contributed by atoms with Crippen molar-refractivity contribution < 1.29 is 23.6 Å². The van der Waals surface area contributed by atoms with Crippen LogP contribution in [0.1, 0.15) is 45.1 Å². The highest BCUT2D eigenvalue weighted by Gasteiger charge is 2.45. The third kappa shape index (κ3) is 2.88. The topological polar surface area (TPSA) is 109 Å².